The molecule has 162 valence electrons. The number of fused-ring (bicyclic) bond motifs is 2. The van der Waals surface area contributed by atoms with Gasteiger partial charge in [-0.05, 0) is 37.0 Å². The third-order valence-corrected chi connectivity index (χ3v) is 10.1. The van der Waals surface area contributed by atoms with Crippen LogP contribution in [0.1, 0.15) is 67.2 Å². The molecule has 6 nitrogen and oxygen atoms in total. The fraction of sp³-hybridized carbons (Fsp3) is 0.810. The Morgan fingerprint density at radius 2 is 1.89 bits per heavy atom. The van der Waals surface area contributed by atoms with E-state index in [-0.39, 0.29) is 23.9 Å². The lowest BCUT2D eigenvalue weighted by atomic mass is 9.80. The average Bonchev–Trinajstić information content (AvgIpc) is 2.77. The molecule has 1 aliphatic heterocycles. The van der Waals surface area contributed by atoms with Gasteiger partial charge in [-0.25, -0.2) is 4.79 Å². The van der Waals surface area contributed by atoms with E-state index in [0.29, 0.717) is 12.8 Å². The molecule has 0 aromatic rings. The van der Waals surface area contributed by atoms with Gasteiger partial charge in [0.1, 0.15) is 6.10 Å². The van der Waals surface area contributed by atoms with Gasteiger partial charge < -0.3 is 19.0 Å². The molecule has 1 saturated carbocycles. The number of hydrogen-bond acceptors (Lipinski definition) is 6. The van der Waals surface area contributed by atoms with Gasteiger partial charge in [-0.15, -0.1) is 0 Å². The zero-order chi connectivity index (χ0) is 21.8. The van der Waals surface area contributed by atoms with Crippen molar-refractivity contribution < 1.29 is 28.6 Å². The lowest BCUT2D eigenvalue weighted by Gasteiger charge is -2.43. The molecule has 3 atom stereocenters. The molecular weight excluding hydrogens is 376 g/mol. The van der Waals surface area contributed by atoms with Gasteiger partial charge in [0, 0.05) is 26.4 Å². The summed E-state index contributed by atoms with van der Waals surface area (Å²) in [4.78, 5) is 24.0. The van der Waals surface area contributed by atoms with Crippen LogP contribution in [0.15, 0.2) is 11.6 Å². The van der Waals surface area contributed by atoms with E-state index in [0.717, 1.165) is 18.4 Å². The molecular formula is C21H38O6Si. The highest BCUT2D eigenvalue weighted by atomic mass is 28.4. The summed E-state index contributed by atoms with van der Waals surface area (Å²) in [6, 6.07) is 0. The first-order valence-electron chi connectivity index (χ1n) is 10.2. The fourth-order valence-electron chi connectivity index (χ4n) is 3.25. The Labute approximate surface area is 170 Å². The van der Waals surface area contributed by atoms with E-state index < -0.39 is 25.9 Å². The summed E-state index contributed by atoms with van der Waals surface area (Å²) in [7, 11) is -2.05. The second-order valence-electron chi connectivity index (χ2n) is 9.07. The number of esters is 2. The van der Waals surface area contributed by atoms with E-state index >= 15 is 0 Å². The zero-order valence-corrected chi connectivity index (χ0v) is 19.8. The molecule has 1 heterocycles. The Hall–Kier alpha value is -1.18. The van der Waals surface area contributed by atoms with Crippen LogP contribution in [0.2, 0.25) is 18.1 Å². The largest absolute Gasteiger partial charge is 0.455 e. The van der Waals surface area contributed by atoms with E-state index in [9.17, 15) is 9.59 Å². The Bertz CT molecular complexity index is 592. The van der Waals surface area contributed by atoms with Crippen LogP contribution in [0.3, 0.4) is 0 Å². The highest BCUT2D eigenvalue weighted by Crippen LogP contribution is 2.47. The molecule has 1 N–H and O–H groups in total. The lowest BCUT2D eigenvalue weighted by Crippen LogP contribution is -2.51. The summed E-state index contributed by atoms with van der Waals surface area (Å²) in [5.41, 5.74) is -0.145. The maximum absolute atomic E-state index is 12.5. The van der Waals surface area contributed by atoms with Gasteiger partial charge in [0.15, 0.2) is 8.32 Å². The summed E-state index contributed by atoms with van der Waals surface area (Å²) in [6.07, 6.45) is 4.26. The van der Waals surface area contributed by atoms with Crippen LogP contribution in [-0.4, -0.2) is 49.8 Å². The topological polar surface area (TPSA) is 82.1 Å². The zero-order valence-electron chi connectivity index (χ0n) is 18.8. The molecule has 2 aliphatic rings. The first-order valence-corrected chi connectivity index (χ1v) is 13.1. The minimum absolute atomic E-state index is 0.0544. The molecule has 7 heteroatoms. The highest BCUT2D eigenvalue weighted by molar-refractivity contribution is 6.74. The Kier molecular flexibility index (Phi) is 8.47. The van der Waals surface area contributed by atoms with Crippen molar-refractivity contribution in [1.29, 1.82) is 0 Å². The number of ether oxygens (including phenoxy) is 2. The molecule has 1 saturated heterocycles. The molecule has 2 rings (SSSR count). The average molecular weight is 415 g/mol. The number of carbonyl (C=O) groups is 2. The van der Waals surface area contributed by atoms with Crippen molar-refractivity contribution in [2.75, 3.05) is 6.61 Å². The Balaban J connectivity index is 0.00000122. The van der Waals surface area contributed by atoms with Gasteiger partial charge >= 0.3 is 11.9 Å². The minimum Gasteiger partial charge on any atom is -0.455 e. The van der Waals surface area contributed by atoms with Crippen LogP contribution in [0.4, 0.5) is 0 Å². The quantitative estimate of drug-likeness (QED) is 0.414. The lowest BCUT2D eigenvalue weighted by molar-refractivity contribution is -0.172. The number of hydrogen-bond donors (Lipinski definition) is 1. The maximum atomic E-state index is 12.5. The molecule has 0 spiro atoms. The van der Waals surface area contributed by atoms with Crippen molar-refractivity contribution in [2.24, 2.45) is 0 Å². The summed E-state index contributed by atoms with van der Waals surface area (Å²) >= 11 is 0. The number of rotatable bonds is 5. The molecule has 1 aliphatic carbocycles. The van der Waals surface area contributed by atoms with Crippen LogP contribution in [0.25, 0.3) is 0 Å². The Morgan fingerprint density at radius 3 is 2.36 bits per heavy atom. The first-order chi connectivity index (χ1) is 12.8. The molecule has 0 amide bonds. The Morgan fingerprint density at radius 1 is 1.32 bits per heavy atom. The summed E-state index contributed by atoms with van der Waals surface area (Å²) in [5, 5.41) is 7.62. The summed E-state index contributed by atoms with van der Waals surface area (Å²) in [5.74, 6) is -0.888. The van der Waals surface area contributed by atoms with Gasteiger partial charge in [-0.2, -0.15) is 0 Å². The standard InChI is InChI=1S/C19H32O5Si.C2H6O/c1-8-9-10-14-15-11-19(17(21)22-15,23-13(2)20)12-16(14)24-25(6,7)18(3,4)5;1-2-3/h10,15-16H,8-9,11-12H2,1-7H3;3H,2H2,1H3/t15-,16-,19-;/m1./s1. The number of aliphatic hydroxyl groups excluding tert-OH is 1. The third kappa shape index (κ3) is 5.67. The first kappa shape index (κ1) is 24.9. The van der Waals surface area contributed by atoms with Crippen LogP contribution in [0.5, 0.6) is 0 Å². The minimum atomic E-state index is -2.05. The van der Waals surface area contributed by atoms with Crippen molar-refractivity contribution in [3.8, 4) is 0 Å². The molecule has 0 aromatic carbocycles. The predicted molar refractivity (Wildman–Crippen MR) is 111 cm³/mol. The number of aliphatic hydroxyl groups is 1. The smallest absolute Gasteiger partial charge is 0.351 e. The van der Waals surface area contributed by atoms with Gasteiger partial charge in [0.2, 0.25) is 5.60 Å². The van der Waals surface area contributed by atoms with Gasteiger partial charge in [0.05, 0.1) is 6.10 Å². The monoisotopic (exact) mass is 414 g/mol. The summed E-state index contributed by atoms with van der Waals surface area (Å²) < 4.78 is 17.7. The number of carbonyl (C=O) groups excluding carboxylic acids is 2. The van der Waals surface area contributed by atoms with E-state index in [1.807, 2.05) is 0 Å². The van der Waals surface area contributed by atoms with Gasteiger partial charge in [-0.1, -0.05) is 40.2 Å². The van der Waals surface area contributed by atoms with Gasteiger partial charge in [-0.3, -0.25) is 4.79 Å². The third-order valence-electron chi connectivity index (χ3n) is 5.65. The van der Waals surface area contributed by atoms with E-state index in [4.69, 9.17) is 19.0 Å². The van der Waals surface area contributed by atoms with Crippen molar-refractivity contribution in [3.05, 3.63) is 11.6 Å². The maximum Gasteiger partial charge on any atom is 0.351 e. The molecule has 2 fully saturated rings. The molecule has 0 unspecified atom stereocenters. The van der Waals surface area contributed by atoms with Crippen LogP contribution < -0.4 is 0 Å². The van der Waals surface area contributed by atoms with Gasteiger partial charge in [0.25, 0.3) is 0 Å². The SMILES string of the molecule is CCCC=C1[C@H]2C[C@@](OC(C)=O)(C[C@H]1O[Si](C)(C)C(C)(C)C)C(=O)O2.CCO. The van der Waals surface area contributed by atoms with Crippen molar-refractivity contribution in [2.45, 2.75) is 103 Å². The molecule has 0 radical (unpaired) electrons. The fourth-order valence-corrected chi connectivity index (χ4v) is 4.54. The van der Waals surface area contributed by atoms with Crippen LogP contribution >= 0.6 is 0 Å². The van der Waals surface area contributed by atoms with E-state index in [1.54, 1.807) is 6.92 Å². The second kappa shape index (κ2) is 9.54. The number of unbranched alkanes of at least 4 members (excludes halogenated alkanes) is 1. The van der Waals surface area contributed by atoms with Crippen molar-refractivity contribution >= 4 is 20.3 Å². The molecule has 28 heavy (non-hydrogen) atoms. The van der Waals surface area contributed by atoms with E-state index in [2.05, 4.69) is 46.9 Å². The normalized spacial score (nSPS) is 28.5. The number of allylic oxidation sites excluding steroid dienone is 1. The summed E-state index contributed by atoms with van der Waals surface area (Å²) in [6.45, 7) is 16.3. The molecule has 0 aromatic heterocycles. The van der Waals surface area contributed by atoms with Crippen LogP contribution in [-0.2, 0) is 23.5 Å². The van der Waals surface area contributed by atoms with Crippen LogP contribution in [0, 0.1) is 0 Å². The second-order valence-corrected chi connectivity index (χ2v) is 13.8. The van der Waals surface area contributed by atoms with Crippen molar-refractivity contribution in [1.82, 2.24) is 0 Å². The van der Waals surface area contributed by atoms with Crippen molar-refractivity contribution in [3.63, 3.8) is 0 Å². The van der Waals surface area contributed by atoms with E-state index in [1.165, 1.54) is 6.92 Å². The molecule has 2 bridgehead atoms. The highest BCUT2D eigenvalue weighted by Gasteiger charge is 2.60. The predicted octanol–water partition coefficient (Wildman–Crippen LogP) is 4.12.